The van der Waals surface area contributed by atoms with Gasteiger partial charge in [0, 0.05) is 24.9 Å². The molecule has 2 N–H and O–H groups in total. The summed E-state index contributed by atoms with van der Waals surface area (Å²) in [4.78, 5) is 1.94. The molecule has 1 saturated carbocycles. The minimum atomic E-state index is -4.48. The van der Waals surface area contributed by atoms with Crippen molar-refractivity contribution in [3.05, 3.63) is 29.3 Å². The maximum Gasteiger partial charge on any atom is 0.416 e. The van der Waals surface area contributed by atoms with Crippen molar-refractivity contribution < 1.29 is 23.4 Å². The fourth-order valence-electron chi connectivity index (χ4n) is 2.61. The topological polar surface area (TPSA) is 43.7 Å². The number of alkyl halides is 3. The lowest BCUT2D eigenvalue weighted by Gasteiger charge is -2.39. The number of aliphatic hydroxyl groups excluding tert-OH is 2. The predicted octanol–water partition coefficient (Wildman–Crippen LogP) is 2.94. The summed E-state index contributed by atoms with van der Waals surface area (Å²) >= 11 is 0. The zero-order chi connectivity index (χ0) is 15.5. The highest BCUT2D eigenvalue weighted by Crippen LogP contribution is 2.37. The first kappa shape index (κ1) is 16.1. The van der Waals surface area contributed by atoms with Gasteiger partial charge < -0.3 is 15.1 Å². The Morgan fingerprint density at radius 2 is 1.90 bits per heavy atom. The van der Waals surface area contributed by atoms with E-state index in [-0.39, 0.29) is 18.2 Å². The van der Waals surface area contributed by atoms with Crippen LogP contribution in [0.2, 0.25) is 0 Å². The monoisotopic (exact) mass is 303 g/mol. The molecule has 0 atom stereocenters. The Labute approximate surface area is 122 Å². The molecule has 1 fully saturated rings. The van der Waals surface area contributed by atoms with E-state index in [0.29, 0.717) is 18.7 Å². The fourth-order valence-corrected chi connectivity index (χ4v) is 2.61. The molecule has 0 unspecified atom stereocenters. The minimum Gasteiger partial charge on any atom is -0.396 e. The molecule has 0 spiro atoms. The molecule has 0 aliphatic heterocycles. The Balaban J connectivity index is 2.31. The molecule has 0 saturated heterocycles. The molecule has 1 aromatic carbocycles. The summed E-state index contributed by atoms with van der Waals surface area (Å²) < 4.78 is 39.2. The lowest BCUT2D eigenvalue weighted by molar-refractivity contribution is -0.138. The van der Waals surface area contributed by atoms with Crippen LogP contribution >= 0.6 is 0 Å². The van der Waals surface area contributed by atoms with Gasteiger partial charge in [-0.05, 0) is 43.4 Å². The molecule has 21 heavy (non-hydrogen) atoms. The quantitative estimate of drug-likeness (QED) is 0.849. The van der Waals surface area contributed by atoms with E-state index in [9.17, 15) is 13.2 Å². The first-order valence-corrected chi connectivity index (χ1v) is 7.16. The van der Waals surface area contributed by atoms with Crippen LogP contribution in [0.1, 0.15) is 36.8 Å². The van der Waals surface area contributed by atoms with Crippen molar-refractivity contribution in [1.82, 2.24) is 0 Å². The number of hydrogen-bond acceptors (Lipinski definition) is 3. The minimum absolute atomic E-state index is 0.0179. The first-order chi connectivity index (χ1) is 9.97. The largest absolute Gasteiger partial charge is 0.416 e. The lowest BCUT2D eigenvalue weighted by Crippen LogP contribution is -2.41. The molecular formula is C15H20F3NO2. The van der Waals surface area contributed by atoms with Crippen LogP contribution < -0.4 is 4.90 Å². The summed E-state index contributed by atoms with van der Waals surface area (Å²) in [5.74, 6) is 0. The summed E-state index contributed by atoms with van der Waals surface area (Å²) in [5, 5.41) is 18.0. The maximum atomic E-state index is 13.1. The van der Waals surface area contributed by atoms with Crippen LogP contribution in [-0.2, 0) is 12.8 Å². The molecule has 1 aromatic rings. The van der Waals surface area contributed by atoms with E-state index in [1.54, 1.807) is 6.07 Å². The Morgan fingerprint density at radius 3 is 2.38 bits per heavy atom. The normalized spacial score (nSPS) is 15.9. The van der Waals surface area contributed by atoms with Crippen molar-refractivity contribution in [2.24, 2.45) is 0 Å². The highest BCUT2D eigenvalue weighted by Gasteiger charge is 2.34. The number of rotatable bonds is 6. The predicted molar refractivity (Wildman–Crippen MR) is 74.1 cm³/mol. The van der Waals surface area contributed by atoms with Crippen LogP contribution in [0.3, 0.4) is 0 Å². The molecule has 0 aromatic heterocycles. The summed E-state index contributed by atoms with van der Waals surface area (Å²) in [6.45, 7) is -0.0732. The molecule has 0 radical (unpaired) electrons. The smallest absolute Gasteiger partial charge is 0.396 e. The lowest BCUT2D eigenvalue weighted by atomic mass is 9.90. The zero-order valence-corrected chi connectivity index (χ0v) is 11.7. The second kappa shape index (κ2) is 6.66. The van der Waals surface area contributed by atoms with Crippen LogP contribution in [0.25, 0.3) is 0 Å². The fraction of sp³-hybridized carbons (Fsp3) is 0.600. The molecule has 0 bridgehead atoms. The molecule has 1 aliphatic rings. The van der Waals surface area contributed by atoms with Crippen LogP contribution in [0.4, 0.5) is 18.9 Å². The third kappa shape index (κ3) is 3.68. The SMILES string of the molecule is OCCCN(c1ccc(CO)c(C(F)(F)F)c1)C1CCC1. The average Bonchev–Trinajstić information content (AvgIpc) is 2.39. The van der Waals surface area contributed by atoms with E-state index < -0.39 is 18.3 Å². The van der Waals surface area contributed by atoms with Crippen LogP contribution in [-0.4, -0.2) is 29.4 Å². The summed E-state index contributed by atoms with van der Waals surface area (Å²) in [6, 6.07) is 4.32. The second-order valence-corrected chi connectivity index (χ2v) is 5.35. The molecule has 2 rings (SSSR count). The van der Waals surface area contributed by atoms with Gasteiger partial charge in [-0.25, -0.2) is 0 Å². The highest BCUT2D eigenvalue weighted by atomic mass is 19.4. The van der Waals surface area contributed by atoms with Gasteiger partial charge in [0.25, 0.3) is 0 Å². The van der Waals surface area contributed by atoms with Gasteiger partial charge in [0.15, 0.2) is 0 Å². The average molecular weight is 303 g/mol. The number of nitrogens with zero attached hydrogens (tertiary/aromatic N) is 1. The third-order valence-corrected chi connectivity index (χ3v) is 3.97. The molecule has 1 aliphatic carbocycles. The van der Waals surface area contributed by atoms with Crippen LogP contribution in [0, 0.1) is 0 Å². The van der Waals surface area contributed by atoms with Crippen molar-refractivity contribution in [3.8, 4) is 0 Å². The van der Waals surface area contributed by atoms with E-state index in [0.717, 1.165) is 25.3 Å². The first-order valence-electron chi connectivity index (χ1n) is 7.16. The Hall–Kier alpha value is -1.27. The number of benzene rings is 1. The molecule has 3 nitrogen and oxygen atoms in total. The van der Waals surface area contributed by atoms with Gasteiger partial charge in [-0.1, -0.05) is 6.07 Å². The van der Waals surface area contributed by atoms with Gasteiger partial charge in [-0.2, -0.15) is 13.2 Å². The van der Waals surface area contributed by atoms with Crippen molar-refractivity contribution >= 4 is 5.69 Å². The van der Waals surface area contributed by atoms with Gasteiger partial charge in [0.2, 0.25) is 0 Å². The molecule has 6 heteroatoms. The standard InChI is InChI=1S/C15H20F3NO2/c16-15(17,18)14-9-13(6-5-11(14)10-21)19(7-2-8-20)12-3-1-4-12/h5-6,9,12,20-21H,1-4,7-8,10H2. The van der Waals surface area contributed by atoms with Crippen molar-refractivity contribution in [3.63, 3.8) is 0 Å². The van der Waals surface area contributed by atoms with Gasteiger partial charge in [-0.3, -0.25) is 0 Å². The molecule has 0 heterocycles. The van der Waals surface area contributed by atoms with E-state index in [2.05, 4.69) is 0 Å². The Bertz CT molecular complexity index is 472. The third-order valence-electron chi connectivity index (χ3n) is 3.97. The van der Waals surface area contributed by atoms with Gasteiger partial charge in [0.1, 0.15) is 0 Å². The van der Waals surface area contributed by atoms with Crippen LogP contribution in [0.5, 0.6) is 0 Å². The molecular weight excluding hydrogens is 283 g/mol. The summed E-state index contributed by atoms with van der Waals surface area (Å²) in [5.41, 5.74) is -0.379. The van der Waals surface area contributed by atoms with Crippen molar-refractivity contribution in [2.45, 2.75) is 44.5 Å². The number of anilines is 1. The number of hydrogen-bond donors (Lipinski definition) is 2. The zero-order valence-electron chi connectivity index (χ0n) is 11.7. The van der Waals surface area contributed by atoms with Gasteiger partial charge >= 0.3 is 6.18 Å². The van der Waals surface area contributed by atoms with Gasteiger partial charge in [-0.15, -0.1) is 0 Å². The maximum absolute atomic E-state index is 13.1. The van der Waals surface area contributed by atoms with Crippen LogP contribution in [0.15, 0.2) is 18.2 Å². The van der Waals surface area contributed by atoms with E-state index in [1.807, 2.05) is 4.90 Å². The highest BCUT2D eigenvalue weighted by molar-refractivity contribution is 5.53. The second-order valence-electron chi connectivity index (χ2n) is 5.35. The Morgan fingerprint density at radius 1 is 1.19 bits per heavy atom. The number of aliphatic hydroxyl groups is 2. The van der Waals surface area contributed by atoms with E-state index in [4.69, 9.17) is 10.2 Å². The summed E-state index contributed by atoms with van der Waals surface area (Å²) in [6.07, 6.45) is -0.930. The van der Waals surface area contributed by atoms with Gasteiger partial charge in [0.05, 0.1) is 12.2 Å². The van der Waals surface area contributed by atoms with E-state index in [1.165, 1.54) is 6.07 Å². The number of halogens is 3. The molecule has 0 amide bonds. The molecule has 118 valence electrons. The van der Waals surface area contributed by atoms with E-state index >= 15 is 0 Å². The van der Waals surface area contributed by atoms with Crippen molar-refractivity contribution in [1.29, 1.82) is 0 Å². The van der Waals surface area contributed by atoms with Crippen molar-refractivity contribution in [2.75, 3.05) is 18.1 Å². The Kier molecular flexibility index (Phi) is 5.11. The summed E-state index contributed by atoms with van der Waals surface area (Å²) in [7, 11) is 0.